The summed E-state index contributed by atoms with van der Waals surface area (Å²) in [6.45, 7) is 3.59. The second-order valence-electron chi connectivity index (χ2n) is 2.31. The van der Waals surface area contributed by atoms with Gasteiger partial charge in [-0.3, -0.25) is 4.79 Å². The summed E-state index contributed by atoms with van der Waals surface area (Å²) in [6.07, 6.45) is 0.510. The second-order valence-corrected chi connectivity index (χ2v) is 2.31. The van der Waals surface area contributed by atoms with Crippen LogP contribution in [0.2, 0.25) is 0 Å². The number of nitrogens with zero attached hydrogens (tertiary/aromatic N) is 3. The number of rotatable bonds is 3. The number of aromatic nitrogens is 4. The summed E-state index contributed by atoms with van der Waals surface area (Å²) in [5, 5.41) is 13.1. The van der Waals surface area contributed by atoms with Gasteiger partial charge in [-0.1, -0.05) is 12.1 Å². The summed E-state index contributed by atoms with van der Waals surface area (Å²) >= 11 is 0. The highest BCUT2D eigenvalue weighted by molar-refractivity contribution is 5.84. The molecular formula is C6H10N4O. The summed E-state index contributed by atoms with van der Waals surface area (Å²) in [7, 11) is 0. The summed E-state index contributed by atoms with van der Waals surface area (Å²) in [6, 6.07) is 0. The largest absolute Gasteiger partial charge is 0.299 e. The standard InChI is InChI=1S/C6H10N4O/c1-3-5(11)4(2)6-7-9-10-8-6/h4H,3H2,1-2H3,(H,7,8,9,10). The van der Waals surface area contributed by atoms with Crippen molar-refractivity contribution in [2.75, 3.05) is 0 Å². The molecular weight excluding hydrogens is 144 g/mol. The number of H-pyrrole nitrogens is 1. The second kappa shape index (κ2) is 3.23. The predicted octanol–water partition coefficient (Wildman–Crippen LogP) is 0.282. The minimum Gasteiger partial charge on any atom is -0.299 e. The molecule has 60 valence electrons. The minimum atomic E-state index is -0.237. The summed E-state index contributed by atoms with van der Waals surface area (Å²) in [5.41, 5.74) is 0. The molecule has 1 unspecified atom stereocenters. The molecule has 0 fully saturated rings. The molecule has 1 aromatic rings. The zero-order chi connectivity index (χ0) is 8.27. The molecule has 0 spiro atoms. The van der Waals surface area contributed by atoms with Crippen LogP contribution in [-0.2, 0) is 4.79 Å². The average molecular weight is 154 g/mol. The summed E-state index contributed by atoms with van der Waals surface area (Å²) in [5.74, 6) is 0.363. The van der Waals surface area contributed by atoms with E-state index < -0.39 is 0 Å². The molecule has 0 saturated heterocycles. The molecule has 11 heavy (non-hydrogen) atoms. The zero-order valence-corrected chi connectivity index (χ0v) is 6.53. The monoisotopic (exact) mass is 154 g/mol. The highest BCUT2D eigenvalue weighted by atomic mass is 16.1. The van der Waals surface area contributed by atoms with E-state index in [1.54, 1.807) is 6.92 Å². The van der Waals surface area contributed by atoms with E-state index in [1.165, 1.54) is 0 Å². The lowest BCUT2D eigenvalue weighted by molar-refractivity contribution is -0.120. The van der Waals surface area contributed by atoms with E-state index in [9.17, 15) is 4.79 Å². The van der Waals surface area contributed by atoms with Crippen LogP contribution in [0.1, 0.15) is 32.0 Å². The molecule has 1 aromatic heterocycles. The van der Waals surface area contributed by atoms with Crippen LogP contribution in [-0.4, -0.2) is 26.4 Å². The Hall–Kier alpha value is -1.26. The molecule has 0 radical (unpaired) electrons. The van der Waals surface area contributed by atoms with Crippen molar-refractivity contribution in [3.8, 4) is 0 Å². The molecule has 0 bridgehead atoms. The number of tetrazole rings is 1. The fourth-order valence-electron chi connectivity index (χ4n) is 0.803. The van der Waals surface area contributed by atoms with Gasteiger partial charge in [-0.25, -0.2) is 0 Å². The van der Waals surface area contributed by atoms with Crippen LogP contribution in [0.3, 0.4) is 0 Å². The Bertz CT molecular complexity index is 231. The van der Waals surface area contributed by atoms with Crippen LogP contribution in [0, 0.1) is 0 Å². The number of Topliss-reactive ketones (excluding diaryl/α,β-unsaturated/α-hetero) is 1. The number of hydrogen-bond donors (Lipinski definition) is 1. The number of hydrogen-bond acceptors (Lipinski definition) is 4. The highest BCUT2D eigenvalue weighted by Gasteiger charge is 2.16. The molecule has 1 heterocycles. The van der Waals surface area contributed by atoms with E-state index in [0.717, 1.165) is 0 Å². The van der Waals surface area contributed by atoms with Crippen molar-refractivity contribution < 1.29 is 4.79 Å². The van der Waals surface area contributed by atoms with Crippen molar-refractivity contribution in [3.05, 3.63) is 5.82 Å². The first-order valence-electron chi connectivity index (χ1n) is 3.51. The highest BCUT2D eigenvalue weighted by Crippen LogP contribution is 2.10. The van der Waals surface area contributed by atoms with E-state index in [-0.39, 0.29) is 11.7 Å². The molecule has 5 heteroatoms. The zero-order valence-electron chi connectivity index (χ0n) is 6.53. The normalized spacial score (nSPS) is 12.9. The van der Waals surface area contributed by atoms with Crippen LogP contribution in [0.15, 0.2) is 0 Å². The van der Waals surface area contributed by atoms with Gasteiger partial charge in [0, 0.05) is 6.42 Å². The van der Waals surface area contributed by atoms with E-state index in [0.29, 0.717) is 12.2 Å². The van der Waals surface area contributed by atoms with E-state index >= 15 is 0 Å². The molecule has 1 rings (SSSR count). The molecule has 1 atom stereocenters. The molecule has 0 aliphatic rings. The molecule has 0 saturated carbocycles. The van der Waals surface area contributed by atoms with Gasteiger partial charge in [0.1, 0.15) is 5.78 Å². The molecule has 0 amide bonds. The molecule has 1 N–H and O–H groups in total. The van der Waals surface area contributed by atoms with E-state index in [1.807, 2.05) is 6.92 Å². The summed E-state index contributed by atoms with van der Waals surface area (Å²) in [4.78, 5) is 11.1. The van der Waals surface area contributed by atoms with Gasteiger partial charge in [-0.15, -0.1) is 10.2 Å². The first-order valence-corrected chi connectivity index (χ1v) is 3.51. The quantitative estimate of drug-likeness (QED) is 0.678. The van der Waals surface area contributed by atoms with Crippen LogP contribution in [0.25, 0.3) is 0 Å². The van der Waals surface area contributed by atoms with Crippen molar-refractivity contribution in [3.63, 3.8) is 0 Å². The third-order valence-corrected chi connectivity index (χ3v) is 1.58. The van der Waals surface area contributed by atoms with Gasteiger partial charge in [0.25, 0.3) is 0 Å². The van der Waals surface area contributed by atoms with E-state index in [4.69, 9.17) is 0 Å². The van der Waals surface area contributed by atoms with Gasteiger partial charge in [-0.05, 0) is 6.92 Å². The predicted molar refractivity (Wildman–Crippen MR) is 37.9 cm³/mol. The lowest BCUT2D eigenvalue weighted by atomic mass is 10.0. The SMILES string of the molecule is CCC(=O)C(C)c1nn[nH]n1. The Balaban J connectivity index is 2.70. The summed E-state index contributed by atoms with van der Waals surface area (Å²) < 4.78 is 0. The third-order valence-electron chi connectivity index (χ3n) is 1.58. The number of nitrogens with one attached hydrogen (secondary N) is 1. The van der Waals surface area contributed by atoms with Crippen molar-refractivity contribution in [2.24, 2.45) is 0 Å². The first kappa shape index (κ1) is 7.84. The minimum absolute atomic E-state index is 0.131. The fourth-order valence-corrected chi connectivity index (χ4v) is 0.803. The van der Waals surface area contributed by atoms with Crippen molar-refractivity contribution in [1.29, 1.82) is 0 Å². The Labute approximate surface area is 64.2 Å². The average Bonchev–Trinajstić information content (AvgIpc) is 2.53. The van der Waals surface area contributed by atoms with Gasteiger partial charge >= 0.3 is 0 Å². The van der Waals surface area contributed by atoms with Crippen LogP contribution >= 0.6 is 0 Å². The smallest absolute Gasteiger partial charge is 0.184 e. The van der Waals surface area contributed by atoms with Crippen LogP contribution in [0.4, 0.5) is 0 Å². The van der Waals surface area contributed by atoms with E-state index in [2.05, 4.69) is 20.6 Å². The number of aromatic amines is 1. The Kier molecular flexibility index (Phi) is 2.30. The van der Waals surface area contributed by atoms with Crippen LogP contribution in [0.5, 0.6) is 0 Å². The molecule has 5 nitrogen and oxygen atoms in total. The maximum Gasteiger partial charge on any atom is 0.184 e. The number of carbonyl (C=O) groups is 1. The fraction of sp³-hybridized carbons (Fsp3) is 0.667. The Morgan fingerprint density at radius 1 is 1.73 bits per heavy atom. The van der Waals surface area contributed by atoms with Crippen molar-refractivity contribution in [1.82, 2.24) is 20.6 Å². The number of carbonyl (C=O) groups excluding carboxylic acids is 1. The number of ketones is 1. The maximum absolute atomic E-state index is 11.1. The van der Waals surface area contributed by atoms with Crippen molar-refractivity contribution >= 4 is 5.78 Å². The van der Waals surface area contributed by atoms with Crippen LogP contribution < -0.4 is 0 Å². The third kappa shape index (κ3) is 1.60. The van der Waals surface area contributed by atoms with Gasteiger partial charge in [0.2, 0.25) is 0 Å². The Morgan fingerprint density at radius 3 is 2.91 bits per heavy atom. The molecule has 0 aliphatic heterocycles. The Morgan fingerprint density at radius 2 is 2.45 bits per heavy atom. The van der Waals surface area contributed by atoms with Gasteiger partial charge in [0.15, 0.2) is 5.82 Å². The molecule has 0 aliphatic carbocycles. The lowest BCUT2D eigenvalue weighted by Gasteiger charge is -2.00. The van der Waals surface area contributed by atoms with Gasteiger partial charge in [-0.2, -0.15) is 5.21 Å². The maximum atomic E-state index is 11.1. The van der Waals surface area contributed by atoms with Gasteiger partial charge < -0.3 is 0 Å². The topological polar surface area (TPSA) is 71.5 Å². The first-order chi connectivity index (χ1) is 5.25. The van der Waals surface area contributed by atoms with Crippen molar-refractivity contribution in [2.45, 2.75) is 26.2 Å². The molecule has 0 aromatic carbocycles. The lowest BCUT2D eigenvalue weighted by Crippen LogP contribution is -2.09. The van der Waals surface area contributed by atoms with Gasteiger partial charge in [0.05, 0.1) is 5.92 Å².